The van der Waals surface area contributed by atoms with Crippen molar-refractivity contribution in [2.75, 3.05) is 31.8 Å². The van der Waals surface area contributed by atoms with Gasteiger partial charge in [-0.1, -0.05) is 30.3 Å². The Balaban J connectivity index is 1.33. The lowest BCUT2D eigenvalue weighted by Crippen LogP contribution is -2.46. The van der Waals surface area contributed by atoms with E-state index in [-0.39, 0.29) is 31.4 Å². The van der Waals surface area contributed by atoms with E-state index < -0.39 is 0 Å². The average molecular weight is 508 g/mol. The Hall–Kier alpha value is -3.56. The van der Waals surface area contributed by atoms with Crippen LogP contribution in [0.3, 0.4) is 0 Å². The van der Waals surface area contributed by atoms with E-state index in [0.29, 0.717) is 43.4 Å². The molecule has 3 amide bonds. The van der Waals surface area contributed by atoms with Crippen molar-refractivity contribution in [1.82, 2.24) is 9.80 Å². The van der Waals surface area contributed by atoms with Crippen LogP contribution in [0.5, 0.6) is 11.5 Å². The molecule has 2 aliphatic heterocycles. The van der Waals surface area contributed by atoms with Crippen molar-refractivity contribution >= 4 is 29.0 Å². The first-order chi connectivity index (χ1) is 17.6. The van der Waals surface area contributed by atoms with Gasteiger partial charge in [-0.15, -0.1) is 11.3 Å². The van der Waals surface area contributed by atoms with E-state index in [1.165, 1.54) is 0 Å². The summed E-state index contributed by atoms with van der Waals surface area (Å²) in [6.45, 7) is 2.04. The fourth-order valence-corrected chi connectivity index (χ4v) is 5.04. The van der Waals surface area contributed by atoms with Crippen molar-refractivity contribution in [3.63, 3.8) is 0 Å². The molecule has 2 aromatic carbocycles. The summed E-state index contributed by atoms with van der Waals surface area (Å²) >= 11 is 1.60. The van der Waals surface area contributed by atoms with Gasteiger partial charge in [0.05, 0.1) is 12.6 Å². The fourth-order valence-electron chi connectivity index (χ4n) is 4.32. The normalized spacial score (nSPS) is 16.1. The van der Waals surface area contributed by atoms with Crippen molar-refractivity contribution in [3.05, 3.63) is 76.5 Å². The highest BCUT2D eigenvalue weighted by Crippen LogP contribution is 2.33. The minimum absolute atomic E-state index is 0.0472. The van der Waals surface area contributed by atoms with Crippen LogP contribution < -0.4 is 14.8 Å². The summed E-state index contributed by atoms with van der Waals surface area (Å²) in [7, 11) is 0. The molecule has 5 rings (SSSR count). The smallest absolute Gasteiger partial charge is 0.322 e. The second kappa shape index (κ2) is 11.5. The molecule has 1 saturated heterocycles. The van der Waals surface area contributed by atoms with Gasteiger partial charge < -0.3 is 29.3 Å². The monoisotopic (exact) mass is 507 g/mol. The molecule has 0 spiro atoms. The Labute approximate surface area is 214 Å². The lowest BCUT2D eigenvalue weighted by atomic mass is 10.1. The number of amides is 3. The highest BCUT2D eigenvalue weighted by Gasteiger charge is 2.27. The number of anilines is 1. The molecule has 1 atom stereocenters. The van der Waals surface area contributed by atoms with Gasteiger partial charge in [-0.3, -0.25) is 4.79 Å². The first-order valence-electron chi connectivity index (χ1n) is 12.1. The Morgan fingerprint density at radius 1 is 0.972 bits per heavy atom. The molecule has 8 nitrogen and oxygen atoms in total. The van der Waals surface area contributed by atoms with Gasteiger partial charge >= 0.3 is 6.03 Å². The number of carbonyl (C=O) groups excluding carboxylic acids is 2. The van der Waals surface area contributed by atoms with Gasteiger partial charge in [-0.2, -0.15) is 0 Å². The summed E-state index contributed by atoms with van der Waals surface area (Å²) in [6.07, 6.45) is 1.76. The van der Waals surface area contributed by atoms with Crippen LogP contribution in [0.2, 0.25) is 0 Å². The van der Waals surface area contributed by atoms with Crippen molar-refractivity contribution < 1.29 is 23.8 Å². The second-order valence-corrected chi connectivity index (χ2v) is 9.86. The SMILES string of the molecule is O=C(CN(CC1CCCO1)C(=O)Nc1ccccc1)N(Cc1ccc2c(c1)OCO2)Cc1cccs1. The molecule has 1 N–H and O–H groups in total. The minimum Gasteiger partial charge on any atom is -0.454 e. The van der Waals surface area contributed by atoms with E-state index in [4.69, 9.17) is 14.2 Å². The van der Waals surface area contributed by atoms with Crippen molar-refractivity contribution in [1.29, 1.82) is 0 Å². The summed E-state index contributed by atoms with van der Waals surface area (Å²) in [5.41, 5.74) is 1.62. The summed E-state index contributed by atoms with van der Waals surface area (Å²) < 4.78 is 16.7. The summed E-state index contributed by atoms with van der Waals surface area (Å²) in [6, 6.07) is 18.6. The summed E-state index contributed by atoms with van der Waals surface area (Å²) in [5, 5.41) is 4.91. The van der Waals surface area contributed by atoms with Gasteiger partial charge in [0.1, 0.15) is 6.54 Å². The number of thiophene rings is 1. The van der Waals surface area contributed by atoms with Gasteiger partial charge in [0.15, 0.2) is 11.5 Å². The van der Waals surface area contributed by atoms with Crippen LogP contribution in [-0.4, -0.2) is 54.3 Å². The van der Waals surface area contributed by atoms with E-state index in [1.807, 2.05) is 66.0 Å². The number of hydrogen-bond donors (Lipinski definition) is 1. The number of para-hydroxylation sites is 1. The summed E-state index contributed by atoms with van der Waals surface area (Å²) in [5.74, 6) is 1.25. The van der Waals surface area contributed by atoms with E-state index in [0.717, 1.165) is 23.3 Å². The van der Waals surface area contributed by atoms with Gasteiger partial charge in [0.25, 0.3) is 0 Å². The van der Waals surface area contributed by atoms with Crippen molar-refractivity contribution in [2.24, 2.45) is 0 Å². The van der Waals surface area contributed by atoms with Crippen molar-refractivity contribution in [2.45, 2.75) is 32.0 Å². The van der Waals surface area contributed by atoms with Gasteiger partial charge in [-0.25, -0.2) is 4.79 Å². The Morgan fingerprint density at radius 3 is 2.61 bits per heavy atom. The molecule has 0 aliphatic carbocycles. The number of rotatable bonds is 9. The van der Waals surface area contributed by atoms with Crippen LogP contribution in [0.1, 0.15) is 23.3 Å². The lowest BCUT2D eigenvalue weighted by Gasteiger charge is -2.29. The maximum atomic E-state index is 13.7. The number of fused-ring (bicyclic) bond motifs is 1. The number of ether oxygens (including phenoxy) is 3. The number of urea groups is 1. The molecule has 3 aromatic rings. The van der Waals surface area contributed by atoms with E-state index in [2.05, 4.69) is 5.32 Å². The summed E-state index contributed by atoms with van der Waals surface area (Å²) in [4.78, 5) is 31.3. The van der Waals surface area contributed by atoms with E-state index in [9.17, 15) is 9.59 Å². The van der Waals surface area contributed by atoms with Crippen LogP contribution in [-0.2, 0) is 22.6 Å². The van der Waals surface area contributed by atoms with Gasteiger partial charge in [-0.05, 0) is 54.1 Å². The van der Waals surface area contributed by atoms with Crippen LogP contribution in [0, 0.1) is 0 Å². The highest BCUT2D eigenvalue weighted by molar-refractivity contribution is 7.09. The van der Waals surface area contributed by atoms with Crippen LogP contribution >= 0.6 is 11.3 Å². The molecule has 2 aliphatic rings. The maximum absolute atomic E-state index is 13.7. The topological polar surface area (TPSA) is 80.3 Å². The molecule has 1 fully saturated rings. The van der Waals surface area contributed by atoms with Crippen molar-refractivity contribution in [3.8, 4) is 11.5 Å². The zero-order valence-corrected chi connectivity index (χ0v) is 20.7. The van der Waals surface area contributed by atoms with Crippen LogP contribution in [0.15, 0.2) is 66.0 Å². The van der Waals surface area contributed by atoms with Gasteiger partial charge in [0, 0.05) is 30.3 Å². The Morgan fingerprint density at radius 2 is 1.83 bits per heavy atom. The van der Waals surface area contributed by atoms with E-state index >= 15 is 0 Å². The lowest BCUT2D eigenvalue weighted by molar-refractivity contribution is -0.133. The fraction of sp³-hybridized carbons (Fsp3) is 0.333. The average Bonchev–Trinajstić information content (AvgIpc) is 3.67. The maximum Gasteiger partial charge on any atom is 0.322 e. The molecule has 0 saturated carbocycles. The minimum atomic E-state index is -0.316. The number of benzene rings is 2. The number of nitrogens with one attached hydrogen (secondary N) is 1. The van der Waals surface area contributed by atoms with Crippen LogP contribution in [0.4, 0.5) is 10.5 Å². The zero-order valence-electron chi connectivity index (χ0n) is 19.9. The molecule has 0 radical (unpaired) electrons. The third-order valence-corrected chi connectivity index (χ3v) is 7.04. The number of carbonyl (C=O) groups is 2. The highest BCUT2D eigenvalue weighted by atomic mass is 32.1. The number of hydrogen-bond acceptors (Lipinski definition) is 6. The molecule has 9 heteroatoms. The largest absolute Gasteiger partial charge is 0.454 e. The Kier molecular flexibility index (Phi) is 7.68. The first-order valence-corrected chi connectivity index (χ1v) is 12.9. The van der Waals surface area contributed by atoms with Gasteiger partial charge in [0.2, 0.25) is 12.7 Å². The molecule has 36 heavy (non-hydrogen) atoms. The molecule has 3 heterocycles. The Bertz CT molecular complexity index is 1170. The predicted molar refractivity (Wildman–Crippen MR) is 137 cm³/mol. The second-order valence-electron chi connectivity index (χ2n) is 8.83. The molecule has 188 valence electrons. The molecular formula is C27H29N3O5S. The zero-order chi connectivity index (χ0) is 24.7. The third kappa shape index (κ3) is 6.16. The van der Waals surface area contributed by atoms with Crippen LogP contribution in [0.25, 0.3) is 0 Å². The quantitative estimate of drug-likeness (QED) is 0.453. The van der Waals surface area contributed by atoms with E-state index in [1.54, 1.807) is 21.1 Å². The predicted octanol–water partition coefficient (Wildman–Crippen LogP) is 4.72. The third-order valence-electron chi connectivity index (χ3n) is 6.18. The molecule has 1 unspecified atom stereocenters. The number of nitrogens with zero attached hydrogens (tertiary/aromatic N) is 2. The first kappa shape index (κ1) is 24.1. The molecule has 0 bridgehead atoms. The molecule has 1 aromatic heterocycles. The standard InChI is InChI=1S/C27H29N3O5S/c31-26(18-30(16-22-8-4-12-33-22)27(32)28-21-6-2-1-3-7-21)29(17-23-9-5-13-36-23)15-20-10-11-24-25(14-20)35-19-34-24/h1-3,5-7,9-11,13-14,22H,4,8,12,15-19H2,(H,28,32). The molecular weight excluding hydrogens is 478 g/mol.